The Kier molecular flexibility index (Phi) is 5.67. The highest BCUT2D eigenvalue weighted by Gasteiger charge is 2.14. The van der Waals surface area contributed by atoms with Crippen molar-refractivity contribution in [2.75, 3.05) is 20.8 Å². The number of benzene rings is 2. The lowest BCUT2D eigenvalue weighted by atomic mass is 10.1. The minimum absolute atomic E-state index is 0.196. The van der Waals surface area contributed by atoms with E-state index in [1.54, 1.807) is 12.1 Å². The zero-order valence-electron chi connectivity index (χ0n) is 12.6. The standard InChI is InChI=1S/C17H18ClNO3/c1-21-15-11-13(10-14(18)16(15)22-2)17(20)19-9-8-12-6-4-3-5-7-12/h3-7,10-11H,8-9H2,1-2H3,(H,19,20). The first-order valence-electron chi connectivity index (χ1n) is 6.89. The van der Waals surface area contributed by atoms with E-state index in [1.807, 2.05) is 30.3 Å². The minimum Gasteiger partial charge on any atom is -0.493 e. The number of hydrogen-bond donors (Lipinski definition) is 1. The van der Waals surface area contributed by atoms with E-state index in [0.29, 0.717) is 28.6 Å². The molecule has 1 amide bonds. The number of hydrogen-bond acceptors (Lipinski definition) is 3. The van der Waals surface area contributed by atoms with Crippen LogP contribution in [0.1, 0.15) is 15.9 Å². The number of nitrogens with one attached hydrogen (secondary N) is 1. The minimum atomic E-state index is -0.196. The van der Waals surface area contributed by atoms with Crippen LogP contribution in [0, 0.1) is 0 Å². The molecule has 2 aromatic carbocycles. The Bertz CT molecular complexity index is 644. The monoisotopic (exact) mass is 319 g/mol. The fourth-order valence-corrected chi connectivity index (χ4v) is 2.40. The number of rotatable bonds is 6. The van der Waals surface area contributed by atoms with Gasteiger partial charge in [0, 0.05) is 12.1 Å². The third-order valence-corrected chi connectivity index (χ3v) is 3.52. The second kappa shape index (κ2) is 7.71. The number of carbonyl (C=O) groups is 1. The summed E-state index contributed by atoms with van der Waals surface area (Å²) in [6.45, 7) is 0.550. The predicted octanol–water partition coefficient (Wildman–Crippen LogP) is 3.33. The Hall–Kier alpha value is -2.20. The number of halogens is 1. The summed E-state index contributed by atoms with van der Waals surface area (Å²) in [5.74, 6) is 0.659. The molecule has 0 bridgehead atoms. The van der Waals surface area contributed by atoms with E-state index in [-0.39, 0.29) is 5.91 Å². The maximum atomic E-state index is 12.2. The second-order valence-electron chi connectivity index (χ2n) is 4.69. The van der Waals surface area contributed by atoms with Crippen molar-refractivity contribution in [1.29, 1.82) is 0 Å². The molecule has 0 aliphatic heterocycles. The van der Waals surface area contributed by atoms with Gasteiger partial charge in [-0.15, -0.1) is 0 Å². The highest BCUT2D eigenvalue weighted by molar-refractivity contribution is 6.32. The van der Waals surface area contributed by atoms with Gasteiger partial charge in [0.1, 0.15) is 0 Å². The Balaban J connectivity index is 2.02. The molecule has 2 aromatic rings. The second-order valence-corrected chi connectivity index (χ2v) is 5.09. The van der Waals surface area contributed by atoms with Crippen LogP contribution in [0.5, 0.6) is 11.5 Å². The molecule has 116 valence electrons. The lowest BCUT2D eigenvalue weighted by Gasteiger charge is -2.12. The molecule has 0 aromatic heterocycles. The highest BCUT2D eigenvalue weighted by Crippen LogP contribution is 2.35. The molecule has 0 saturated carbocycles. The average Bonchev–Trinajstić information content (AvgIpc) is 2.54. The third-order valence-electron chi connectivity index (χ3n) is 3.24. The van der Waals surface area contributed by atoms with Gasteiger partial charge >= 0.3 is 0 Å². The largest absolute Gasteiger partial charge is 0.493 e. The first-order valence-corrected chi connectivity index (χ1v) is 7.27. The van der Waals surface area contributed by atoms with Gasteiger partial charge in [0.05, 0.1) is 19.2 Å². The van der Waals surface area contributed by atoms with Gasteiger partial charge in [0.2, 0.25) is 0 Å². The summed E-state index contributed by atoms with van der Waals surface area (Å²) in [4.78, 5) is 12.2. The summed E-state index contributed by atoms with van der Waals surface area (Å²) < 4.78 is 10.3. The number of ether oxygens (including phenoxy) is 2. The van der Waals surface area contributed by atoms with E-state index in [2.05, 4.69) is 5.32 Å². The first-order chi connectivity index (χ1) is 10.7. The van der Waals surface area contributed by atoms with Crippen molar-refractivity contribution in [1.82, 2.24) is 5.32 Å². The van der Waals surface area contributed by atoms with Gasteiger partial charge in [-0.05, 0) is 24.1 Å². The maximum absolute atomic E-state index is 12.2. The van der Waals surface area contributed by atoms with Gasteiger partial charge in [-0.25, -0.2) is 0 Å². The van der Waals surface area contributed by atoms with Crippen molar-refractivity contribution in [3.05, 3.63) is 58.6 Å². The molecule has 0 heterocycles. The van der Waals surface area contributed by atoms with Gasteiger partial charge in [0.25, 0.3) is 5.91 Å². The lowest BCUT2D eigenvalue weighted by Crippen LogP contribution is -2.25. The summed E-state index contributed by atoms with van der Waals surface area (Å²) in [7, 11) is 3.01. The zero-order chi connectivity index (χ0) is 15.9. The fraction of sp³-hybridized carbons (Fsp3) is 0.235. The Morgan fingerprint density at radius 2 is 1.86 bits per heavy atom. The quantitative estimate of drug-likeness (QED) is 0.888. The number of carbonyl (C=O) groups excluding carboxylic acids is 1. The summed E-state index contributed by atoms with van der Waals surface area (Å²) in [6.07, 6.45) is 0.771. The normalized spacial score (nSPS) is 10.1. The molecule has 1 N–H and O–H groups in total. The molecule has 2 rings (SSSR count). The highest BCUT2D eigenvalue weighted by atomic mass is 35.5. The van der Waals surface area contributed by atoms with Crippen LogP contribution >= 0.6 is 11.6 Å². The van der Waals surface area contributed by atoms with Crippen LogP contribution < -0.4 is 14.8 Å². The maximum Gasteiger partial charge on any atom is 0.251 e. The lowest BCUT2D eigenvalue weighted by molar-refractivity contribution is 0.0953. The molecule has 0 atom stereocenters. The molecule has 0 fully saturated rings. The van der Waals surface area contributed by atoms with Crippen LogP contribution in [0.4, 0.5) is 0 Å². The molecule has 5 heteroatoms. The SMILES string of the molecule is COc1cc(C(=O)NCCc2ccccc2)cc(Cl)c1OC. The molecule has 22 heavy (non-hydrogen) atoms. The van der Waals surface area contributed by atoms with Gasteiger partial charge in [-0.3, -0.25) is 4.79 Å². The van der Waals surface area contributed by atoms with Crippen molar-refractivity contribution in [3.8, 4) is 11.5 Å². The molecule has 0 unspecified atom stereocenters. The van der Waals surface area contributed by atoms with Gasteiger partial charge in [0.15, 0.2) is 11.5 Å². The summed E-state index contributed by atoms with van der Waals surface area (Å²) in [5, 5.41) is 3.21. The molecule has 0 aliphatic carbocycles. The number of amides is 1. The van der Waals surface area contributed by atoms with E-state index in [1.165, 1.54) is 19.8 Å². The van der Waals surface area contributed by atoms with Gasteiger partial charge in [-0.2, -0.15) is 0 Å². The predicted molar refractivity (Wildman–Crippen MR) is 87.0 cm³/mol. The third kappa shape index (κ3) is 3.92. The molecule has 0 radical (unpaired) electrons. The van der Waals surface area contributed by atoms with Crippen LogP contribution in [-0.2, 0) is 6.42 Å². The van der Waals surface area contributed by atoms with Crippen molar-refractivity contribution in [3.63, 3.8) is 0 Å². The van der Waals surface area contributed by atoms with Crippen LogP contribution in [-0.4, -0.2) is 26.7 Å². The van der Waals surface area contributed by atoms with Crippen molar-refractivity contribution < 1.29 is 14.3 Å². The Morgan fingerprint density at radius 1 is 1.14 bits per heavy atom. The number of methoxy groups -OCH3 is 2. The molecule has 0 spiro atoms. The van der Waals surface area contributed by atoms with E-state index in [9.17, 15) is 4.79 Å². The van der Waals surface area contributed by atoms with Crippen molar-refractivity contribution >= 4 is 17.5 Å². The topological polar surface area (TPSA) is 47.6 Å². The molecule has 4 nitrogen and oxygen atoms in total. The molecule has 0 saturated heterocycles. The summed E-state index contributed by atoms with van der Waals surface area (Å²) >= 11 is 6.10. The van der Waals surface area contributed by atoms with Crippen LogP contribution in [0.2, 0.25) is 5.02 Å². The van der Waals surface area contributed by atoms with E-state index in [4.69, 9.17) is 21.1 Å². The van der Waals surface area contributed by atoms with E-state index in [0.717, 1.165) is 6.42 Å². The smallest absolute Gasteiger partial charge is 0.251 e. The molecule has 0 aliphatic rings. The molecular formula is C17H18ClNO3. The first kappa shape index (κ1) is 16.2. The van der Waals surface area contributed by atoms with Crippen molar-refractivity contribution in [2.45, 2.75) is 6.42 Å². The van der Waals surface area contributed by atoms with Gasteiger partial charge in [-0.1, -0.05) is 41.9 Å². The van der Waals surface area contributed by atoms with Crippen LogP contribution in [0.15, 0.2) is 42.5 Å². The Morgan fingerprint density at radius 3 is 2.50 bits per heavy atom. The average molecular weight is 320 g/mol. The summed E-state index contributed by atoms with van der Waals surface area (Å²) in [5.41, 5.74) is 1.61. The van der Waals surface area contributed by atoms with Gasteiger partial charge < -0.3 is 14.8 Å². The van der Waals surface area contributed by atoms with E-state index >= 15 is 0 Å². The Labute approximate surface area is 135 Å². The fourth-order valence-electron chi connectivity index (χ4n) is 2.12. The van der Waals surface area contributed by atoms with Crippen LogP contribution in [0.25, 0.3) is 0 Å². The zero-order valence-corrected chi connectivity index (χ0v) is 13.3. The van der Waals surface area contributed by atoms with Crippen molar-refractivity contribution in [2.24, 2.45) is 0 Å². The summed E-state index contributed by atoms with van der Waals surface area (Å²) in [6, 6.07) is 13.2. The van der Waals surface area contributed by atoms with Crippen LogP contribution in [0.3, 0.4) is 0 Å². The molecular weight excluding hydrogens is 302 g/mol. The van der Waals surface area contributed by atoms with E-state index < -0.39 is 0 Å².